The average Bonchev–Trinajstić information content (AvgIpc) is 2.87. The third-order valence-corrected chi connectivity index (χ3v) is 3.77. The zero-order valence-electron chi connectivity index (χ0n) is 12.9. The molecular weight excluding hydrogens is 252 g/mol. The van der Waals surface area contributed by atoms with E-state index in [4.69, 9.17) is 4.74 Å². The second-order valence-corrected chi connectivity index (χ2v) is 6.47. The number of nitrogens with one attached hydrogen (secondary N) is 3. The van der Waals surface area contributed by atoms with E-state index in [2.05, 4.69) is 41.9 Å². The summed E-state index contributed by atoms with van der Waals surface area (Å²) in [6, 6.07) is 4.48. The molecule has 0 bridgehead atoms. The van der Waals surface area contributed by atoms with Crippen LogP contribution in [0.5, 0.6) is 5.88 Å². The van der Waals surface area contributed by atoms with Crippen molar-refractivity contribution in [3.63, 3.8) is 0 Å². The van der Waals surface area contributed by atoms with Gasteiger partial charge in [-0.25, -0.2) is 4.98 Å². The summed E-state index contributed by atoms with van der Waals surface area (Å²) in [5.41, 5.74) is 8.13. The van der Waals surface area contributed by atoms with E-state index in [0.717, 1.165) is 19.6 Å². The molecule has 5 heteroatoms. The fraction of sp³-hybridized carbons (Fsp3) is 0.667. The van der Waals surface area contributed by atoms with Gasteiger partial charge < -0.3 is 10.1 Å². The number of nitrogens with zero attached hydrogens (tertiary/aromatic N) is 1. The highest BCUT2D eigenvalue weighted by atomic mass is 16.5. The second kappa shape index (κ2) is 6.52. The molecule has 5 nitrogen and oxygen atoms in total. The van der Waals surface area contributed by atoms with Crippen LogP contribution in [0.1, 0.15) is 26.3 Å². The minimum absolute atomic E-state index is 0.260. The molecule has 1 aromatic heterocycles. The molecule has 20 heavy (non-hydrogen) atoms. The van der Waals surface area contributed by atoms with Gasteiger partial charge in [0.25, 0.3) is 0 Å². The van der Waals surface area contributed by atoms with Crippen LogP contribution in [0.3, 0.4) is 0 Å². The standard InChI is InChI=1S/C15H26N4O/c1-15(2,3)14-12(10-18-19-14)9-16-8-11-5-6-17-13(7-11)20-4/h5-7,12,14,16,18-19H,8-10H2,1-4H3. The molecule has 0 amide bonds. The molecule has 1 fully saturated rings. The van der Waals surface area contributed by atoms with Crippen LogP contribution in [0.2, 0.25) is 0 Å². The molecule has 0 spiro atoms. The molecule has 1 aliphatic rings. The first kappa shape index (κ1) is 15.2. The fourth-order valence-electron chi connectivity index (χ4n) is 2.72. The van der Waals surface area contributed by atoms with Gasteiger partial charge in [0.15, 0.2) is 0 Å². The zero-order chi connectivity index (χ0) is 14.6. The molecular formula is C15H26N4O. The van der Waals surface area contributed by atoms with Gasteiger partial charge in [0.2, 0.25) is 5.88 Å². The summed E-state index contributed by atoms with van der Waals surface area (Å²) >= 11 is 0. The van der Waals surface area contributed by atoms with Crippen molar-refractivity contribution in [2.45, 2.75) is 33.4 Å². The summed E-state index contributed by atoms with van der Waals surface area (Å²) in [4.78, 5) is 4.12. The lowest BCUT2D eigenvalue weighted by atomic mass is 9.80. The van der Waals surface area contributed by atoms with Crippen molar-refractivity contribution >= 4 is 0 Å². The molecule has 1 aromatic rings. The number of methoxy groups -OCH3 is 1. The minimum Gasteiger partial charge on any atom is -0.481 e. The highest BCUT2D eigenvalue weighted by molar-refractivity contribution is 5.20. The van der Waals surface area contributed by atoms with E-state index in [9.17, 15) is 0 Å². The molecule has 0 radical (unpaired) electrons. The predicted octanol–water partition coefficient (Wildman–Crippen LogP) is 1.32. The highest BCUT2D eigenvalue weighted by Crippen LogP contribution is 2.26. The van der Waals surface area contributed by atoms with Crippen molar-refractivity contribution in [2.24, 2.45) is 11.3 Å². The topological polar surface area (TPSA) is 58.2 Å². The van der Waals surface area contributed by atoms with Gasteiger partial charge in [0.1, 0.15) is 0 Å². The summed E-state index contributed by atoms with van der Waals surface area (Å²) in [6.45, 7) is 9.67. The van der Waals surface area contributed by atoms with Gasteiger partial charge in [-0.05, 0) is 17.0 Å². The van der Waals surface area contributed by atoms with E-state index < -0.39 is 0 Å². The molecule has 2 rings (SSSR count). The van der Waals surface area contributed by atoms with Crippen LogP contribution >= 0.6 is 0 Å². The van der Waals surface area contributed by atoms with Crippen LogP contribution in [0.4, 0.5) is 0 Å². The molecule has 2 atom stereocenters. The monoisotopic (exact) mass is 278 g/mol. The molecule has 0 saturated carbocycles. The normalized spacial score (nSPS) is 23.0. The minimum atomic E-state index is 0.260. The Labute approximate surface area is 121 Å². The van der Waals surface area contributed by atoms with Crippen molar-refractivity contribution in [1.82, 2.24) is 21.2 Å². The summed E-state index contributed by atoms with van der Waals surface area (Å²) < 4.78 is 5.14. The largest absolute Gasteiger partial charge is 0.481 e. The molecule has 1 aliphatic heterocycles. The van der Waals surface area contributed by atoms with Crippen LogP contribution in [-0.2, 0) is 6.54 Å². The van der Waals surface area contributed by atoms with E-state index in [1.807, 2.05) is 12.1 Å². The van der Waals surface area contributed by atoms with Crippen molar-refractivity contribution in [1.29, 1.82) is 0 Å². The first-order chi connectivity index (χ1) is 9.50. The number of hydrogen-bond acceptors (Lipinski definition) is 5. The third kappa shape index (κ3) is 3.91. The van der Waals surface area contributed by atoms with Gasteiger partial charge in [0, 0.05) is 43.9 Å². The van der Waals surface area contributed by atoms with Gasteiger partial charge in [-0.2, -0.15) is 0 Å². The Morgan fingerprint density at radius 1 is 1.45 bits per heavy atom. The smallest absolute Gasteiger partial charge is 0.213 e. The lowest BCUT2D eigenvalue weighted by Crippen LogP contribution is -2.44. The molecule has 3 N–H and O–H groups in total. The van der Waals surface area contributed by atoms with Crippen molar-refractivity contribution in [2.75, 3.05) is 20.2 Å². The van der Waals surface area contributed by atoms with Gasteiger partial charge in [-0.1, -0.05) is 20.8 Å². The highest BCUT2D eigenvalue weighted by Gasteiger charge is 2.35. The maximum atomic E-state index is 5.14. The Hall–Kier alpha value is -1.17. The van der Waals surface area contributed by atoms with Crippen molar-refractivity contribution in [3.8, 4) is 5.88 Å². The number of hydrazine groups is 1. The maximum absolute atomic E-state index is 5.14. The predicted molar refractivity (Wildman–Crippen MR) is 80.4 cm³/mol. The molecule has 0 aliphatic carbocycles. The number of hydrogen-bond donors (Lipinski definition) is 3. The Kier molecular flexibility index (Phi) is 4.96. The van der Waals surface area contributed by atoms with Crippen LogP contribution < -0.4 is 20.9 Å². The molecule has 2 heterocycles. The summed E-state index contributed by atoms with van der Waals surface area (Å²) in [7, 11) is 1.64. The van der Waals surface area contributed by atoms with Crippen LogP contribution in [-0.4, -0.2) is 31.2 Å². The van der Waals surface area contributed by atoms with E-state index in [1.54, 1.807) is 13.3 Å². The molecule has 112 valence electrons. The van der Waals surface area contributed by atoms with Gasteiger partial charge >= 0.3 is 0 Å². The Morgan fingerprint density at radius 2 is 2.25 bits per heavy atom. The first-order valence-electron chi connectivity index (χ1n) is 7.18. The molecule has 1 saturated heterocycles. The Balaban J connectivity index is 1.83. The van der Waals surface area contributed by atoms with E-state index in [1.165, 1.54) is 5.56 Å². The maximum Gasteiger partial charge on any atom is 0.213 e. The Morgan fingerprint density at radius 3 is 2.95 bits per heavy atom. The second-order valence-electron chi connectivity index (χ2n) is 6.47. The quantitative estimate of drug-likeness (QED) is 0.758. The lowest BCUT2D eigenvalue weighted by molar-refractivity contribution is 0.235. The number of rotatable bonds is 5. The summed E-state index contributed by atoms with van der Waals surface area (Å²) in [5.74, 6) is 1.26. The lowest BCUT2D eigenvalue weighted by Gasteiger charge is -2.31. The van der Waals surface area contributed by atoms with E-state index >= 15 is 0 Å². The number of aromatic nitrogens is 1. The fourth-order valence-corrected chi connectivity index (χ4v) is 2.72. The van der Waals surface area contributed by atoms with Gasteiger partial charge in [-0.15, -0.1) is 0 Å². The van der Waals surface area contributed by atoms with Crippen LogP contribution in [0.15, 0.2) is 18.3 Å². The average molecular weight is 278 g/mol. The summed E-state index contributed by atoms with van der Waals surface area (Å²) in [6.07, 6.45) is 1.78. The van der Waals surface area contributed by atoms with Crippen LogP contribution in [0, 0.1) is 11.3 Å². The van der Waals surface area contributed by atoms with E-state index in [-0.39, 0.29) is 5.41 Å². The third-order valence-electron chi connectivity index (χ3n) is 3.77. The summed E-state index contributed by atoms with van der Waals surface area (Å²) in [5, 5.41) is 3.53. The van der Waals surface area contributed by atoms with Gasteiger partial charge in [-0.3, -0.25) is 10.9 Å². The zero-order valence-corrected chi connectivity index (χ0v) is 12.9. The number of ether oxygens (including phenoxy) is 1. The van der Waals surface area contributed by atoms with E-state index in [0.29, 0.717) is 17.8 Å². The first-order valence-corrected chi connectivity index (χ1v) is 7.18. The van der Waals surface area contributed by atoms with Gasteiger partial charge in [0.05, 0.1) is 7.11 Å². The molecule has 2 unspecified atom stereocenters. The SMILES string of the molecule is COc1cc(CNCC2CNNC2C(C)(C)C)ccn1. The van der Waals surface area contributed by atoms with Crippen LogP contribution in [0.25, 0.3) is 0 Å². The number of pyridine rings is 1. The van der Waals surface area contributed by atoms with Crippen molar-refractivity contribution < 1.29 is 4.74 Å². The molecule has 0 aromatic carbocycles. The Bertz CT molecular complexity index is 430. The van der Waals surface area contributed by atoms with Crippen molar-refractivity contribution in [3.05, 3.63) is 23.9 Å².